The van der Waals surface area contributed by atoms with Crippen molar-refractivity contribution >= 4 is 23.5 Å². The number of carbonyl (C=O) groups is 2. The average molecular weight is 482 g/mol. The summed E-state index contributed by atoms with van der Waals surface area (Å²) in [6.45, 7) is 4.24. The molecule has 0 aliphatic carbocycles. The predicted molar refractivity (Wildman–Crippen MR) is 133 cm³/mol. The second-order valence-electron chi connectivity index (χ2n) is 7.58. The molecule has 1 amide bonds. The van der Waals surface area contributed by atoms with E-state index in [1.54, 1.807) is 32.0 Å². The van der Waals surface area contributed by atoms with E-state index in [9.17, 15) is 9.59 Å². The van der Waals surface area contributed by atoms with Crippen LogP contribution in [0.25, 0.3) is 11.1 Å². The molecule has 1 atom stereocenters. The van der Waals surface area contributed by atoms with Gasteiger partial charge in [-0.15, -0.1) is 0 Å². The maximum atomic E-state index is 12.5. The van der Waals surface area contributed by atoms with Crippen LogP contribution in [-0.4, -0.2) is 38.2 Å². The van der Waals surface area contributed by atoms with Gasteiger partial charge in [0.1, 0.15) is 11.5 Å². The van der Waals surface area contributed by atoms with Crippen molar-refractivity contribution in [2.24, 2.45) is 0 Å². The zero-order chi connectivity index (χ0) is 24.5. The molecule has 3 rings (SSSR count). The maximum Gasteiger partial charge on any atom is 0.347 e. The Morgan fingerprint density at radius 2 is 1.62 bits per heavy atom. The predicted octanol–water partition coefficient (Wildman–Crippen LogP) is 5.32. The van der Waals surface area contributed by atoms with Crippen LogP contribution in [0.15, 0.2) is 66.7 Å². The Hall–Kier alpha value is -3.51. The van der Waals surface area contributed by atoms with Crippen molar-refractivity contribution in [1.82, 2.24) is 5.32 Å². The van der Waals surface area contributed by atoms with Crippen LogP contribution in [0, 0.1) is 0 Å². The minimum absolute atomic E-state index is 0.226. The molecule has 0 aliphatic rings. The van der Waals surface area contributed by atoms with Gasteiger partial charge in [-0.1, -0.05) is 48.0 Å². The number of hydrogen-bond acceptors (Lipinski definition) is 5. The van der Waals surface area contributed by atoms with Gasteiger partial charge in [0, 0.05) is 11.6 Å². The van der Waals surface area contributed by atoms with Crippen molar-refractivity contribution in [3.05, 3.63) is 82.9 Å². The first-order valence-electron chi connectivity index (χ1n) is 11.1. The molecule has 0 aliphatic heterocycles. The number of carbonyl (C=O) groups excluding carboxylic acids is 2. The van der Waals surface area contributed by atoms with Crippen LogP contribution in [0.3, 0.4) is 0 Å². The first-order chi connectivity index (χ1) is 16.4. The van der Waals surface area contributed by atoms with Gasteiger partial charge < -0.3 is 19.5 Å². The van der Waals surface area contributed by atoms with Gasteiger partial charge in [0.2, 0.25) is 0 Å². The van der Waals surface area contributed by atoms with Crippen LogP contribution < -0.4 is 14.8 Å². The number of ether oxygens (including phenoxy) is 3. The number of benzene rings is 3. The molecule has 0 saturated carbocycles. The van der Waals surface area contributed by atoms with Gasteiger partial charge in [0.25, 0.3) is 5.91 Å². The molecule has 0 radical (unpaired) electrons. The summed E-state index contributed by atoms with van der Waals surface area (Å²) in [5.41, 5.74) is 3.60. The number of amides is 1. The minimum Gasteiger partial charge on any atom is -0.496 e. The van der Waals surface area contributed by atoms with Gasteiger partial charge in [-0.25, -0.2) is 4.79 Å². The summed E-state index contributed by atoms with van der Waals surface area (Å²) in [4.78, 5) is 24.2. The Labute approximate surface area is 204 Å². The Morgan fingerprint density at radius 3 is 2.24 bits per heavy atom. The van der Waals surface area contributed by atoms with Crippen LogP contribution in [0.2, 0.25) is 5.02 Å². The van der Waals surface area contributed by atoms with E-state index in [2.05, 4.69) is 5.32 Å². The molecule has 0 saturated heterocycles. The normalized spacial score (nSPS) is 11.4. The zero-order valence-corrected chi connectivity index (χ0v) is 20.2. The van der Waals surface area contributed by atoms with Gasteiger partial charge in [0.15, 0.2) is 6.10 Å². The molecule has 3 aromatic rings. The second kappa shape index (κ2) is 12.1. The quantitative estimate of drug-likeness (QED) is 0.397. The lowest BCUT2D eigenvalue weighted by atomic mass is 10.0. The van der Waals surface area contributed by atoms with Crippen molar-refractivity contribution in [2.45, 2.75) is 26.4 Å². The van der Waals surface area contributed by atoms with Gasteiger partial charge in [-0.2, -0.15) is 0 Å². The van der Waals surface area contributed by atoms with Crippen LogP contribution in [0.5, 0.6) is 11.5 Å². The van der Waals surface area contributed by atoms with Crippen molar-refractivity contribution in [1.29, 1.82) is 0 Å². The topological polar surface area (TPSA) is 73.9 Å². The van der Waals surface area contributed by atoms with Gasteiger partial charge in [0.05, 0.1) is 19.3 Å². The standard InChI is InChI=1S/C27H28ClNO5/c1-4-33-27(31)18(2)34-23-12-9-21(10-13-23)20-7-5-19(6-8-20)15-16-29-26(30)24-17-22(28)11-14-25(24)32-3/h5-14,17-18H,4,15-16H2,1-3H3,(H,29,30). The maximum absolute atomic E-state index is 12.5. The SMILES string of the molecule is CCOC(=O)C(C)Oc1ccc(-c2ccc(CCNC(=O)c3cc(Cl)ccc3OC)cc2)cc1. The van der Waals surface area contributed by atoms with Crippen molar-refractivity contribution in [2.75, 3.05) is 20.3 Å². The number of halogens is 1. The molecule has 6 nitrogen and oxygen atoms in total. The van der Waals surface area contributed by atoms with Crippen LogP contribution in [0.4, 0.5) is 0 Å². The zero-order valence-electron chi connectivity index (χ0n) is 19.5. The summed E-state index contributed by atoms with van der Waals surface area (Å²) in [5.74, 6) is 0.478. The van der Waals surface area contributed by atoms with Gasteiger partial charge in [-0.05, 0) is 67.3 Å². The average Bonchev–Trinajstić information content (AvgIpc) is 2.85. The first kappa shape index (κ1) is 25.1. The minimum atomic E-state index is -0.662. The first-order valence-corrected chi connectivity index (χ1v) is 11.4. The molecule has 1 N–H and O–H groups in total. The smallest absolute Gasteiger partial charge is 0.347 e. The lowest BCUT2D eigenvalue weighted by Crippen LogP contribution is -2.26. The molecule has 0 heterocycles. The Kier molecular flexibility index (Phi) is 8.93. The summed E-state index contributed by atoms with van der Waals surface area (Å²) in [7, 11) is 1.52. The Morgan fingerprint density at radius 1 is 0.971 bits per heavy atom. The number of esters is 1. The second-order valence-corrected chi connectivity index (χ2v) is 8.02. The lowest BCUT2D eigenvalue weighted by molar-refractivity contribution is -0.150. The summed E-state index contributed by atoms with van der Waals surface area (Å²) < 4.78 is 15.8. The number of rotatable bonds is 10. The largest absolute Gasteiger partial charge is 0.496 e. The molecule has 0 aromatic heterocycles. The molecule has 1 unspecified atom stereocenters. The third-order valence-corrected chi connectivity index (χ3v) is 5.41. The fourth-order valence-corrected chi connectivity index (χ4v) is 3.55. The Balaban J connectivity index is 1.53. The highest BCUT2D eigenvalue weighted by Gasteiger charge is 2.15. The molecule has 3 aromatic carbocycles. The molecule has 7 heteroatoms. The van der Waals surface area contributed by atoms with E-state index < -0.39 is 6.10 Å². The summed E-state index contributed by atoms with van der Waals surface area (Å²) in [6, 6.07) is 20.7. The van der Waals surface area contributed by atoms with E-state index in [0.717, 1.165) is 16.7 Å². The molecular weight excluding hydrogens is 454 g/mol. The van der Waals surface area contributed by atoms with E-state index in [1.807, 2.05) is 48.5 Å². The van der Waals surface area contributed by atoms with E-state index >= 15 is 0 Å². The third-order valence-electron chi connectivity index (χ3n) is 5.18. The Bertz CT molecular complexity index is 1110. The fourth-order valence-electron chi connectivity index (χ4n) is 3.37. The molecule has 0 bridgehead atoms. The monoisotopic (exact) mass is 481 g/mol. The van der Waals surface area contributed by atoms with Gasteiger partial charge in [-0.3, -0.25) is 4.79 Å². The summed E-state index contributed by atoms with van der Waals surface area (Å²) in [5, 5.41) is 3.39. The van der Waals surface area contributed by atoms with E-state index in [1.165, 1.54) is 7.11 Å². The highest BCUT2D eigenvalue weighted by atomic mass is 35.5. The van der Waals surface area contributed by atoms with E-state index in [4.69, 9.17) is 25.8 Å². The molecule has 0 fully saturated rings. The number of nitrogens with one attached hydrogen (secondary N) is 1. The number of hydrogen-bond donors (Lipinski definition) is 1. The fraction of sp³-hybridized carbons (Fsp3) is 0.259. The van der Waals surface area contributed by atoms with Crippen LogP contribution >= 0.6 is 11.6 Å². The van der Waals surface area contributed by atoms with Crippen LogP contribution in [0.1, 0.15) is 29.8 Å². The molecular formula is C27H28ClNO5. The highest BCUT2D eigenvalue weighted by molar-refractivity contribution is 6.31. The number of methoxy groups -OCH3 is 1. The van der Waals surface area contributed by atoms with Gasteiger partial charge >= 0.3 is 5.97 Å². The molecule has 178 valence electrons. The van der Waals surface area contributed by atoms with Crippen molar-refractivity contribution < 1.29 is 23.8 Å². The summed E-state index contributed by atoms with van der Waals surface area (Å²) >= 11 is 6.01. The van der Waals surface area contributed by atoms with E-state index in [0.29, 0.717) is 41.7 Å². The van der Waals surface area contributed by atoms with Crippen molar-refractivity contribution in [3.63, 3.8) is 0 Å². The molecule has 0 spiro atoms. The summed E-state index contributed by atoms with van der Waals surface area (Å²) in [6.07, 6.45) is 0.0264. The lowest BCUT2D eigenvalue weighted by Gasteiger charge is -2.13. The molecule has 34 heavy (non-hydrogen) atoms. The van der Waals surface area contributed by atoms with E-state index in [-0.39, 0.29) is 11.9 Å². The van der Waals surface area contributed by atoms with Crippen LogP contribution in [-0.2, 0) is 16.0 Å². The third kappa shape index (κ3) is 6.75. The highest BCUT2D eigenvalue weighted by Crippen LogP contribution is 2.24. The van der Waals surface area contributed by atoms with Crippen molar-refractivity contribution in [3.8, 4) is 22.6 Å².